The van der Waals surface area contributed by atoms with Gasteiger partial charge in [0.1, 0.15) is 16.8 Å². The van der Waals surface area contributed by atoms with Crippen LogP contribution in [0.2, 0.25) is 10.4 Å². The first-order chi connectivity index (χ1) is 8.20. The maximum absolute atomic E-state index is 5.79. The van der Waals surface area contributed by atoms with E-state index in [0.29, 0.717) is 17.0 Å². The Morgan fingerprint density at radius 2 is 2.12 bits per heavy atom. The van der Waals surface area contributed by atoms with E-state index in [0.717, 1.165) is 18.2 Å². The Bertz CT molecular complexity index is 452. The molecule has 1 saturated carbocycles. The molecule has 1 aliphatic heterocycles. The predicted octanol–water partition coefficient (Wildman–Crippen LogP) is 2.28. The number of halogens is 2. The number of anilines is 1. The summed E-state index contributed by atoms with van der Waals surface area (Å²) in [7, 11) is 0. The molecule has 0 saturated heterocycles. The van der Waals surface area contributed by atoms with Gasteiger partial charge in [0.2, 0.25) is 5.28 Å². The van der Waals surface area contributed by atoms with Crippen LogP contribution in [0, 0.1) is 5.92 Å². The van der Waals surface area contributed by atoms with Gasteiger partial charge in [-0.2, -0.15) is 5.10 Å². The van der Waals surface area contributed by atoms with Gasteiger partial charge in [-0.25, -0.2) is 9.97 Å². The van der Waals surface area contributed by atoms with E-state index >= 15 is 0 Å². The van der Waals surface area contributed by atoms with Crippen molar-refractivity contribution in [2.45, 2.75) is 25.3 Å². The van der Waals surface area contributed by atoms with Crippen LogP contribution in [0.3, 0.4) is 0 Å². The summed E-state index contributed by atoms with van der Waals surface area (Å²) in [6.45, 7) is 0. The standard InChI is InChI=1S/C10H11Cl2N5/c11-7-4-8(15-10(12)13-7)14-9-3-6(16-17-9)5-1-2-5/h4-6,16H,1-3H2,(H,13,14,15,17). The quantitative estimate of drug-likeness (QED) is 0.640. The second-order valence-corrected chi connectivity index (χ2v) is 5.03. The zero-order valence-corrected chi connectivity index (χ0v) is 10.5. The van der Waals surface area contributed by atoms with Crippen molar-refractivity contribution < 1.29 is 0 Å². The minimum Gasteiger partial charge on any atom is -0.327 e. The number of amidine groups is 1. The summed E-state index contributed by atoms with van der Waals surface area (Å²) in [4.78, 5) is 7.82. The van der Waals surface area contributed by atoms with Crippen LogP contribution in [0.4, 0.5) is 5.82 Å². The first kappa shape index (κ1) is 11.0. The monoisotopic (exact) mass is 271 g/mol. The van der Waals surface area contributed by atoms with Gasteiger partial charge in [-0.15, -0.1) is 0 Å². The number of hydrazone groups is 1. The molecule has 1 fully saturated rings. The lowest BCUT2D eigenvalue weighted by atomic mass is 10.1. The Labute approximate surface area is 109 Å². The first-order valence-electron chi connectivity index (χ1n) is 5.50. The van der Waals surface area contributed by atoms with Gasteiger partial charge < -0.3 is 10.7 Å². The molecule has 0 bridgehead atoms. The SMILES string of the molecule is Clc1cc(NC2=NNC(C3CC3)C2)nc(Cl)n1. The zero-order valence-electron chi connectivity index (χ0n) is 8.95. The molecule has 0 aromatic carbocycles. The zero-order chi connectivity index (χ0) is 11.8. The van der Waals surface area contributed by atoms with E-state index < -0.39 is 0 Å². The molecule has 1 aromatic heterocycles. The molecule has 1 aliphatic carbocycles. The average Bonchev–Trinajstić information content (AvgIpc) is 2.99. The van der Waals surface area contributed by atoms with E-state index in [9.17, 15) is 0 Å². The second kappa shape index (κ2) is 4.31. The highest BCUT2D eigenvalue weighted by atomic mass is 35.5. The normalized spacial score (nSPS) is 23.2. The summed E-state index contributed by atoms with van der Waals surface area (Å²) in [6.07, 6.45) is 3.49. The molecular weight excluding hydrogens is 261 g/mol. The molecule has 17 heavy (non-hydrogen) atoms. The second-order valence-electron chi connectivity index (χ2n) is 4.31. The lowest BCUT2D eigenvalue weighted by Crippen LogP contribution is -2.22. The van der Waals surface area contributed by atoms with Crippen molar-refractivity contribution in [3.8, 4) is 0 Å². The van der Waals surface area contributed by atoms with Crippen LogP contribution in [0.1, 0.15) is 19.3 Å². The fourth-order valence-corrected chi connectivity index (χ4v) is 2.32. The van der Waals surface area contributed by atoms with E-state index in [-0.39, 0.29) is 5.28 Å². The van der Waals surface area contributed by atoms with Gasteiger partial charge in [-0.05, 0) is 30.4 Å². The molecule has 1 unspecified atom stereocenters. The highest BCUT2D eigenvalue weighted by molar-refractivity contribution is 6.32. The van der Waals surface area contributed by atoms with Crippen LogP contribution in [-0.2, 0) is 0 Å². The minimum atomic E-state index is 0.130. The van der Waals surface area contributed by atoms with Crippen LogP contribution >= 0.6 is 23.2 Å². The molecule has 7 heteroatoms. The van der Waals surface area contributed by atoms with Gasteiger partial charge in [0, 0.05) is 12.5 Å². The Morgan fingerprint density at radius 1 is 1.29 bits per heavy atom. The molecule has 2 N–H and O–H groups in total. The maximum Gasteiger partial charge on any atom is 0.225 e. The number of nitrogens with zero attached hydrogens (tertiary/aromatic N) is 3. The molecule has 0 amide bonds. The molecule has 1 atom stereocenters. The van der Waals surface area contributed by atoms with Gasteiger partial charge in [0.15, 0.2) is 0 Å². The molecule has 5 nitrogen and oxygen atoms in total. The lowest BCUT2D eigenvalue weighted by Gasteiger charge is -2.07. The van der Waals surface area contributed by atoms with Gasteiger partial charge in [-0.3, -0.25) is 0 Å². The van der Waals surface area contributed by atoms with Crippen LogP contribution in [0.5, 0.6) is 0 Å². The van der Waals surface area contributed by atoms with Crippen molar-refractivity contribution in [3.05, 3.63) is 16.5 Å². The van der Waals surface area contributed by atoms with Gasteiger partial charge in [0.05, 0.1) is 6.04 Å². The number of hydrogen-bond donors (Lipinski definition) is 2. The molecule has 90 valence electrons. The average molecular weight is 272 g/mol. The van der Waals surface area contributed by atoms with E-state index in [1.54, 1.807) is 6.07 Å². The third kappa shape index (κ3) is 2.61. The minimum absolute atomic E-state index is 0.130. The van der Waals surface area contributed by atoms with Crippen molar-refractivity contribution in [2.75, 3.05) is 5.32 Å². The summed E-state index contributed by atoms with van der Waals surface area (Å²) < 4.78 is 0. The van der Waals surface area contributed by atoms with Crippen molar-refractivity contribution in [3.63, 3.8) is 0 Å². The van der Waals surface area contributed by atoms with Crippen LogP contribution in [0.15, 0.2) is 11.2 Å². The lowest BCUT2D eigenvalue weighted by molar-refractivity contribution is 0.523. The fourth-order valence-electron chi connectivity index (χ4n) is 1.91. The van der Waals surface area contributed by atoms with E-state index in [1.807, 2.05) is 0 Å². The molecule has 0 spiro atoms. The van der Waals surface area contributed by atoms with Gasteiger partial charge in [-0.1, -0.05) is 11.6 Å². The fraction of sp³-hybridized carbons (Fsp3) is 0.500. The highest BCUT2D eigenvalue weighted by Crippen LogP contribution is 2.35. The molecular formula is C10H11Cl2N5. The third-order valence-electron chi connectivity index (χ3n) is 2.91. The summed E-state index contributed by atoms with van der Waals surface area (Å²) >= 11 is 11.5. The van der Waals surface area contributed by atoms with Crippen LogP contribution in [-0.4, -0.2) is 21.8 Å². The number of rotatable bonds is 2. The van der Waals surface area contributed by atoms with Crippen LogP contribution in [0.25, 0.3) is 0 Å². The predicted molar refractivity (Wildman–Crippen MR) is 67.4 cm³/mol. The van der Waals surface area contributed by atoms with Gasteiger partial charge in [0.25, 0.3) is 0 Å². The van der Waals surface area contributed by atoms with E-state index in [4.69, 9.17) is 23.2 Å². The highest BCUT2D eigenvalue weighted by Gasteiger charge is 2.34. The first-order valence-corrected chi connectivity index (χ1v) is 6.25. The van der Waals surface area contributed by atoms with Crippen molar-refractivity contribution in [2.24, 2.45) is 11.0 Å². The Kier molecular flexibility index (Phi) is 2.80. The third-order valence-corrected chi connectivity index (χ3v) is 3.27. The van der Waals surface area contributed by atoms with Gasteiger partial charge >= 0.3 is 0 Å². The Hall–Kier alpha value is -1.07. The Morgan fingerprint density at radius 3 is 2.82 bits per heavy atom. The smallest absolute Gasteiger partial charge is 0.225 e. The Balaban J connectivity index is 1.66. The van der Waals surface area contributed by atoms with Crippen LogP contribution < -0.4 is 10.7 Å². The summed E-state index contributed by atoms with van der Waals surface area (Å²) in [5, 5.41) is 7.79. The summed E-state index contributed by atoms with van der Waals surface area (Å²) in [6, 6.07) is 2.09. The topological polar surface area (TPSA) is 62.2 Å². The molecule has 2 heterocycles. The number of hydrogen-bond acceptors (Lipinski definition) is 5. The molecule has 0 radical (unpaired) electrons. The van der Waals surface area contributed by atoms with Crippen molar-refractivity contribution >= 4 is 34.9 Å². The molecule has 3 rings (SSSR count). The largest absolute Gasteiger partial charge is 0.327 e. The summed E-state index contributed by atoms with van der Waals surface area (Å²) in [5.41, 5.74) is 3.13. The van der Waals surface area contributed by atoms with Crippen molar-refractivity contribution in [1.29, 1.82) is 0 Å². The van der Waals surface area contributed by atoms with Crippen molar-refractivity contribution in [1.82, 2.24) is 15.4 Å². The van der Waals surface area contributed by atoms with E-state index in [2.05, 4.69) is 25.8 Å². The number of nitrogens with one attached hydrogen (secondary N) is 2. The molecule has 1 aromatic rings. The maximum atomic E-state index is 5.79. The van der Waals surface area contributed by atoms with E-state index in [1.165, 1.54) is 12.8 Å². The number of aromatic nitrogens is 2. The summed E-state index contributed by atoms with van der Waals surface area (Å²) in [5.74, 6) is 2.22. The molecule has 2 aliphatic rings.